The second-order valence-corrected chi connectivity index (χ2v) is 5.29. The molecule has 1 aromatic heterocycles. The largest absolute Gasteiger partial charge is 0.494 e. The number of nitrogens with zero attached hydrogens (tertiary/aromatic N) is 4. The molecule has 1 N–H and O–H groups in total. The summed E-state index contributed by atoms with van der Waals surface area (Å²) in [5.74, 6) is 0.902. The van der Waals surface area contributed by atoms with E-state index in [9.17, 15) is 5.11 Å². The molecule has 2 heterocycles. The number of ether oxygens (including phenoxy) is 1. The summed E-state index contributed by atoms with van der Waals surface area (Å²) in [5.41, 5.74) is 0. The van der Waals surface area contributed by atoms with Gasteiger partial charge in [0, 0.05) is 25.8 Å². The molecule has 112 valence electrons. The van der Waals surface area contributed by atoms with E-state index >= 15 is 0 Å². The summed E-state index contributed by atoms with van der Waals surface area (Å²) < 4.78 is 7.42. The van der Waals surface area contributed by atoms with Gasteiger partial charge < -0.3 is 9.84 Å². The molecule has 1 aliphatic rings. The maximum absolute atomic E-state index is 10.1. The number of likely N-dealkylation sites (tertiary alicyclic amines) is 1. The highest BCUT2D eigenvalue weighted by Crippen LogP contribution is 2.21. The first kappa shape index (κ1) is 14.0. The van der Waals surface area contributed by atoms with E-state index in [0.29, 0.717) is 13.2 Å². The van der Waals surface area contributed by atoms with Gasteiger partial charge in [-0.25, -0.2) is 4.68 Å². The number of aromatic nitrogens is 3. The third-order valence-corrected chi connectivity index (χ3v) is 3.75. The van der Waals surface area contributed by atoms with Crippen LogP contribution in [0.5, 0.6) is 5.75 Å². The highest BCUT2D eigenvalue weighted by molar-refractivity contribution is 5.20. The zero-order chi connectivity index (χ0) is 14.5. The van der Waals surface area contributed by atoms with Crippen molar-refractivity contribution >= 4 is 0 Å². The van der Waals surface area contributed by atoms with E-state index in [2.05, 4.69) is 15.2 Å². The first-order chi connectivity index (χ1) is 10.3. The average Bonchev–Trinajstić information content (AvgIpc) is 3.14. The normalized spacial score (nSPS) is 22.5. The molecule has 1 fully saturated rings. The van der Waals surface area contributed by atoms with Crippen molar-refractivity contribution < 1.29 is 9.84 Å². The number of aliphatic hydroxyl groups excluding tert-OH is 1. The number of hydrogen-bond acceptors (Lipinski definition) is 5. The number of rotatable bonds is 6. The molecule has 1 aliphatic heterocycles. The Morgan fingerprint density at radius 2 is 2.10 bits per heavy atom. The summed E-state index contributed by atoms with van der Waals surface area (Å²) in [6.45, 7) is 3.07. The Kier molecular flexibility index (Phi) is 4.47. The van der Waals surface area contributed by atoms with Crippen LogP contribution in [0.2, 0.25) is 0 Å². The van der Waals surface area contributed by atoms with Crippen LogP contribution in [0, 0.1) is 0 Å². The van der Waals surface area contributed by atoms with Gasteiger partial charge in [0.05, 0.1) is 24.9 Å². The van der Waals surface area contributed by atoms with Crippen LogP contribution in [-0.4, -0.2) is 57.3 Å². The van der Waals surface area contributed by atoms with Gasteiger partial charge >= 0.3 is 0 Å². The SMILES string of the molecule is O[C@@H]1CN(CCCOc2ccccc2)C[C@H]1n1ccnn1. The van der Waals surface area contributed by atoms with Gasteiger partial charge in [-0.2, -0.15) is 0 Å². The van der Waals surface area contributed by atoms with E-state index in [4.69, 9.17) is 4.74 Å². The number of para-hydroxylation sites is 1. The van der Waals surface area contributed by atoms with Crippen molar-refractivity contribution in [1.82, 2.24) is 19.9 Å². The van der Waals surface area contributed by atoms with Crippen molar-refractivity contribution in [3.63, 3.8) is 0 Å². The predicted molar refractivity (Wildman–Crippen MR) is 78.1 cm³/mol. The van der Waals surface area contributed by atoms with Gasteiger partial charge in [-0.15, -0.1) is 5.10 Å². The van der Waals surface area contributed by atoms with Gasteiger partial charge in [-0.3, -0.25) is 4.90 Å². The quantitative estimate of drug-likeness (QED) is 0.802. The average molecular weight is 288 g/mol. The van der Waals surface area contributed by atoms with Crippen molar-refractivity contribution in [2.75, 3.05) is 26.2 Å². The Bertz CT molecular complexity index is 532. The van der Waals surface area contributed by atoms with Gasteiger partial charge in [0.1, 0.15) is 5.75 Å². The molecule has 0 aliphatic carbocycles. The molecule has 0 spiro atoms. The van der Waals surface area contributed by atoms with Crippen molar-refractivity contribution in [3.8, 4) is 5.75 Å². The lowest BCUT2D eigenvalue weighted by atomic mass is 10.2. The van der Waals surface area contributed by atoms with Gasteiger partial charge in [0.15, 0.2) is 0 Å². The maximum atomic E-state index is 10.1. The molecule has 0 saturated carbocycles. The fourth-order valence-electron chi connectivity index (χ4n) is 2.68. The minimum Gasteiger partial charge on any atom is -0.494 e. The van der Waals surface area contributed by atoms with Gasteiger partial charge in [0.25, 0.3) is 0 Å². The topological polar surface area (TPSA) is 63.4 Å². The molecule has 6 heteroatoms. The third-order valence-electron chi connectivity index (χ3n) is 3.75. The molecule has 0 radical (unpaired) electrons. The van der Waals surface area contributed by atoms with Crippen molar-refractivity contribution in [3.05, 3.63) is 42.7 Å². The molecular formula is C15H20N4O2. The molecule has 0 amide bonds. The zero-order valence-corrected chi connectivity index (χ0v) is 11.9. The Balaban J connectivity index is 1.41. The zero-order valence-electron chi connectivity index (χ0n) is 11.9. The van der Waals surface area contributed by atoms with Crippen LogP contribution in [0.15, 0.2) is 42.7 Å². The lowest BCUT2D eigenvalue weighted by Gasteiger charge is -2.15. The highest BCUT2D eigenvalue weighted by Gasteiger charge is 2.32. The van der Waals surface area contributed by atoms with Crippen LogP contribution in [0.3, 0.4) is 0 Å². The number of benzene rings is 1. The molecule has 1 saturated heterocycles. The summed E-state index contributed by atoms with van der Waals surface area (Å²) >= 11 is 0. The van der Waals surface area contributed by atoms with Gasteiger partial charge in [0.2, 0.25) is 0 Å². The first-order valence-electron chi connectivity index (χ1n) is 7.27. The van der Waals surface area contributed by atoms with E-state index in [1.165, 1.54) is 0 Å². The fourth-order valence-corrected chi connectivity index (χ4v) is 2.68. The van der Waals surface area contributed by atoms with Crippen LogP contribution in [0.4, 0.5) is 0 Å². The Hall–Kier alpha value is -1.92. The lowest BCUT2D eigenvalue weighted by Crippen LogP contribution is -2.24. The molecule has 0 unspecified atom stereocenters. The number of hydrogen-bond donors (Lipinski definition) is 1. The van der Waals surface area contributed by atoms with Crippen LogP contribution in [0.1, 0.15) is 12.5 Å². The van der Waals surface area contributed by atoms with Gasteiger partial charge in [-0.05, 0) is 18.6 Å². The molecule has 2 aromatic rings. The Morgan fingerprint density at radius 3 is 2.86 bits per heavy atom. The standard InChI is InChI=1S/C15H20N4O2/c20-15-12-18(11-14(15)19-9-7-16-17-19)8-4-10-21-13-5-2-1-3-6-13/h1-3,5-7,9,14-15,20H,4,8,10-12H2/t14-,15-/m1/s1. The molecule has 21 heavy (non-hydrogen) atoms. The predicted octanol–water partition coefficient (Wildman–Crippen LogP) is 0.965. The van der Waals surface area contributed by atoms with Crippen molar-refractivity contribution in [2.45, 2.75) is 18.6 Å². The van der Waals surface area contributed by atoms with Gasteiger partial charge in [-0.1, -0.05) is 23.4 Å². The Labute approximate surface area is 124 Å². The molecule has 0 bridgehead atoms. The fraction of sp³-hybridized carbons (Fsp3) is 0.467. The molecular weight excluding hydrogens is 268 g/mol. The first-order valence-corrected chi connectivity index (χ1v) is 7.27. The van der Waals surface area contributed by atoms with E-state index in [1.54, 1.807) is 17.1 Å². The van der Waals surface area contributed by atoms with Crippen molar-refractivity contribution in [2.24, 2.45) is 0 Å². The van der Waals surface area contributed by atoms with E-state index < -0.39 is 0 Å². The molecule has 6 nitrogen and oxygen atoms in total. The lowest BCUT2D eigenvalue weighted by molar-refractivity contribution is 0.138. The number of β-amino-alcohol motifs (C(OH)–C–C–N with tert-alkyl or cyclic N) is 1. The summed E-state index contributed by atoms with van der Waals surface area (Å²) in [4.78, 5) is 2.24. The van der Waals surface area contributed by atoms with Crippen molar-refractivity contribution in [1.29, 1.82) is 0 Å². The summed E-state index contributed by atoms with van der Waals surface area (Å²) in [6, 6.07) is 9.83. The van der Waals surface area contributed by atoms with E-state index in [0.717, 1.165) is 25.3 Å². The molecule has 1 aromatic carbocycles. The summed E-state index contributed by atoms with van der Waals surface area (Å²) in [5, 5.41) is 17.9. The monoisotopic (exact) mass is 288 g/mol. The van der Waals surface area contributed by atoms with Crippen LogP contribution >= 0.6 is 0 Å². The van der Waals surface area contributed by atoms with E-state index in [-0.39, 0.29) is 12.1 Å². The van der Waals surface area contributed by atoms with Crippen LogP contribution in [-0.2, 0) is 0 Å². The minimum atomic E-state index is -0.387. The second-order valence-electron chi connectivity index (χ2n) is 5.29. The van der Waals surface area contributed by atoms with Crippen LogP contribution < -0.4 is 4.74 Å². The third kappa shape index (κ3) is 3.59. The smallest absolute Gasteiger partial charge is 0.119 e. The molecule has 2 atom stereocenters. The summed E-state index contributed by atoms with van der Waals surface area (Å²) in [7, 11) is 0. The molecule has 3 rings (SSSR count). The van der Waals surface area contributed by atoms with E-state index in [1.807, 2.05) is 30.3 Å². The number of aliphatic hydroxyl groups is 1. The minimum absolute atomic E-state index is 0.00235. The Morgan fingerprint density at radius 1 is 1.24 bits per heavy atom. The second kappa shape index (κ2) is 6.69. The maximum Gasteiger partial charge on any atom is 0.119 e. The highest BCUT2D eigenvalue weighted by atomic mass is 16.5. The van der Waals surface area contributed by atoms with Crippen LogP contribution in [0.25, 0.3) is 0 Å². The summed E-state index contributed by atoms with van der Waals surface area (Å²) in [6.07, 6.45) is 3.99.